The van der Waals surface area contributed by atoms with Crippen LogP contribution in [0.1, 0.15) is 28.2 Å². The lowest BCUT2D eigenvalue weighted by Crippen LogP contribution is -2.50. The molecule has 8 heteroatoms. The lowest BCUT2D eigenvalue weighted by molar-refractivity contribution is -0.137. The molecule has 2 aliphatic rings. The average Bonchev–Trinajstić information content (AvgIpc) is 3.21. The normalized spacial score (nSPS) is 22.0. The Morgan fingerprint density at radius 1 is 1.17 bits per heavy atom. The zero-order valence-corrected chi connectivity index (χ0v) is 18.0. The van der Waals surface area contributed by atoms with E-state index in [1.807, 2.05) is 47.1 Å². The number of ether oxygens (including phenoxy) is 2. The lowest BCUT2D eigenvalue weighted by atomic mass is 9.90. The number of likely N-dealkylation sites (tertiary alicyclic amines) is 1. The van der Waals surface area contributed by atoms with Gasteiger partial charge in [-0.2, -0.15) is 0 Å². The van der Waals surface area contributed by atoms with Crippen LogP contribution in [0.15, 0.2) is 35.8 Å². The molecule has 0 N–H and O–H groups in total. The molecule has 2 atom stereocenters. The number of hydrogen-bond acceptors (Lipinski definition) is 6. The predicted molar refractivity (Wildman–Crippen MR) is 114 cm³/mol. The first kappa shape index (κ1) is 20.8. The van der Waals surface area contributed by atoms with Crippen molar-refractivity contribution >= 4 is 23.2 Å². The van der Waals surface area contributed by atoms with Crippen LogP contribution < -0.4 is 4.74 Å². The third-order valence-corrected chi connectivity index (χ3v) is 6.64. The molecule has 0 bridgehead atoms. The quantitative estimate of drug-likeness (QED) is 0.731. The van der Waals surface area contributed by atoms with Crippen LogP contribution >= 0.6 is 11.3 Å². The second-order valence-corrected chi connectivity index (χ2v) is 8.59. The molecular weight excluding hydrogens is 402 g/mol. The molecule has 30 heavy (non-hydrogen) atoms. The van der Waals surface area contributed by atoms with Crippen LogP contribution in [0.5, 0.6) is 5.75 Å². The molecule has 1 aromatic heterocycles. The summed E-state index contributed by atoms with van der Waals surface area (Å²) in [5.41, 5.74) is 2.46. The summed E-state index contributed by atoms with van der Waals surface area (Å²) >= 11 is 1.37. The summed E-state index contributed by atoms with van der Waals surface area (Å²) in [6.45, 7) is 5.37. The minimum absolute atomic E-state index is 0.00279. The summed E-state index contributed by atoms with van der Waals surface area (Å²) in [5, 5.41) is 0. The van der Waals surface area contributed by atoms with E-state index in [9.17, 15) is 9.59 Å². The van der Waals surface area contributed by atoms with Gasteiger partial charge in [0.15, 0.2) is 0 Å². The lowest BCUT2D eigenvalue weighted by Gasteiger charge is -2.39. The third-order valence-electron chi connectivity index (χ3n) is 5.72. The van der Waals surface area contributed by atoms with E-state index in [2.05, 4.69) is 4.98 Å². The third kappa shape index (κ3) is 4.82. The van der Waals surface area contributed by atoms with Gasteiger partial charge in [-0.1, -0.05) is 18.2 Å². The number of aryl methyl sites for hydroxylation is 1. The van der Waals surface area contributed by atoms with Gasteiger partial charge in [0.2, 0.25) is 5.91 Å². The van der Waals surface area contributed by atoms with Gasteiger partial charge in [-0.25, -0.2) is 4.98 Å². The summed E-state index contributed by atoms with van der Waals surface area (Å²) in [6.07, 6.45) is 0.951. The number of aromatic nitrogens is 1. The number of rotatable bonds is 5. The van der Waals surface area contributed by atoms with Gasteiger partial charge in [0.1, 0.15) is 16.7 Å². The number of carbonyl (C=O) groups is 2. The van der Waals surface area contributed by atoms with Gasteiger partial charge in [0.25, 0.3) is 5.91 Å². The van der Waals surface area contributed by atoms with E-state index in [1.165, 1.54) is 11.3 Å². The van der Waals surface area contributed by atoms with Crippen LogP contribution in [-0.2, 0) is 9.53 Å². The number of morpholine rings is 1. The van der Waals surface area contributed by atoms with Crippen molar-refractivity contribution in [2.75, 3.05) is 39.4 Å². The number of carbonyl (C=O) groups excluding carboxylic acids is 2. The van der Waals surface area contributed by atoms with Crippen molar-refractivity contribution < 1.29 is 19.1 Å². The summed E-state index contributed by atoms with van der Waals surface area (Å²) in [4.78, 5) is 34.5. The van der Waals surface area contributed by atoms with Crippen LogP contribution in [0.3, 0.4) is 0 Å². The first-order chi connectivity index (χ1) is 14.6. The molecule has 0 saturated carbocycles. The minimum Gasteiger partial charge on any atom is -0.490 e. The van der Waals surface area contributed by atoms with Gasteiger partial charge in [-0.3, -0.25) is 9.59 Å². The molecule has 2 saturated heterocycles. The first-order valence-electron chi connectivity index (χ1n) is 10.4. The number of hydrogen-bond donors (Lipinski definition) is 0. The van der Waals surface area contributed by atoms with Gasteiger partial charge < -0.3 is 19.3 Å². The molecule has 160 valence electrons. The number of piperidine rings is 1. The van der Waals surface area contributed by atoms with Crippen molar-refractivity contribution in [2.24, 2.45) is 5.92 Å². The Hall–Kier alpha value is -2.45. The van der Waals surface area contributed by atoms with E-state index in [-0.39, 0.29) is 23.8 Å². The summed E-state index contributed by atoms with van der Waals surface area (Å²) in [7, 11) is 0. The van der Waals surface area contributed by atoms with Crippen LogP contribution in [0.4, 0.5) is 0 Å². The molecule has 0 radical (unpaired) electrons. The van der Waals surface area contributed by atoms with E-state index in [4.69, 9.17) is 9.47 Å². The van der Waals surface area contributed by atoms with Gasteiger partial charge in [0.05, 0.1) is 24.4 Å². The Labute approximate surface area is 180 Å². The summed E-state index contributed by atoms with van der Waals surface area (Å²) in [5.74, 6) is 0.834. The molecule has 0 spiro atoms. The highest BCUT2D eigenvalue weighted by Gasteiger charge is 2.36. The monoisotopic (exact) mass is 429 g/mol. The average molecular weight is 430 g/mol. The fourth-order valence-electron chi connectivity index (χ4n) is 4.04. The van der Waals surface area contributed by atoms with E-state index >= 15 is 0 Å². The minimum atomic E-state index is -0.107. The smallest absolute Gasteiger partial charge is 0.265 e. The van der Waals surface area contributed by atoms with Crippen LogP contribution in [0.25, 0.3) is 0 Å². The fraction of sp³-hybridized carbons (Fsp3) is 0.500. The number of nitrogens with zero attached hydrogens (tertiary/aromatic N) is 3. The standard InChI is InChI=1S/C22H27N3O4S/c1-16-21(30-15-23-16)22(27)25-8-7-19(29-18-5-3-2-4-6-18)17(14-25)13-20(26)24-9-11-28-12-10-24/h2-6,15,17,19H,7-14H2,1H3/t17-,19-/m0/s1. The Morgan fingerprint density at radius 3 is 2.63 bits per heavy atom. The highest BCUT2D eigenvalue weighted by Crippen LogP contribution is 2.28. The predicted octanol–water partition coefficient (Wildman–Crippen LogP) is 2.61. The molecular formula is C22H27N3O4S. The Morgan fingerprint density at radius 2 is 1.93 bits per heavy atom. The SMILES string of the molecule is Cc1ncsc1C(=O)N1CC[C@H](Oc2ccccc2)[C@@H](CC(=O)N2CCOCC2)C1. The summed E-state index contributed by atoms with van der Waals surface area (Å²) < 4.78 is 11.6. The van der Waals surface area contributed by atoms with E-state index < -0.39 is 0 Å². The molecule has 7 nitrogen and oxygen atoms in total. The zero-order valence-electron chi connectivity index (χ0n) is 17.2. The van der Waals surface area contributed by atoms with Crippen molar-refractivity contribution in [3.8, 4) is 5.75 Å². The Kier molecular flexibility index (Phi) is 6.64. The maximum absolute atomic E-state index is 13.0. The molecule has 1 aromatic carbocycles. The topological polar surface area (TPSA) is 72.0 Å². The van der Waals surface area contributed by atoms with Crippen molar-refractivity contribution in [1.82, 2.24) is 14.8 Å². The second kappa shape index (κ2) is 9.57. The zero-order chi connectivity index (χ0) is 20.9. The largest absolute Gasteiger partial charge is 0.490 e. The first-order valence-corrected chi connectivity index (χ1v) is 11.3. The van der Waals surface area contributed by atoms with E-state index in [0.29, 0.717) is 57.1 Å². The second-order valence-electron chi connectivity index (χ2n) is 7.73. The molecule has 4 rings (SSSR count). The maximum Gasteiger partial charge on any atom is 0.265 e. The Bertz CT molecular complexity index is 866. The van der Waals surface area contributed by atoms with Crippen LogP contribution in [-0.4, -0.2) is 72.1 Å². The molecule has 2 aromatic rings. The summed E-state index contributed by atoms with van der Waals surface area (Å²) in [6, 6.07) is 9.69. The molecule has 2 amide bonds. The number of amides is 2. The molecule has 0 unspecified atom stereocenters. The number of para-hydroxylation sites is 1. The Balaban J connectivity index is 1.48. The highest BCUT2D eigenvalue weighted by molar-refractivity contribution is 7.11. The van der Waals surface area contributed by atoms with E-state index in [1.54, 1.807) is 5.51 Å². The number of thiazole rings is 1. The molecule has 3 heterocycles. The van der Waals surface area contributed by atoms with Crippen molar-refractivity contribution in [2.45, 2.75) is 25.9 Å². The van der Waals surface area contributed by atoms with Crippen molar-refractivity contribution in [1.29, 1.82) is 0 Å². The van der Waals surface area contributed by atoms with Crippen LogP contribution in [0.2, 0.25) is 0 Å². The molecule has 2 aliphatic heterocycles. The van der Waals surface area contributed by atoms with E-state index in [0.717, 1.165) is 11.4 Å². The number of benzene rings is 1. The van der Waals surface area contributed by atoms with Crippen molar-refractivity contribution in [3.05, 3.63) is 46.4 Å². The van der Waals surface area contributed by atoms with Gasteiger partial charge in [0, 0.05) is 44.9 Å². The van der Waals surface area contributed by atoms with Crippen LogP contribution in [0, 0.1) is 12.8 Å². The van der Waals surface area contributed by atoms with Crippen molar-refractivity contribution in [3.63, 3.8) is 0 Å². The van der Waals surface area contributed by atoms with Gasteiger partial charge in [-0.15, -0.1) is 11.3 Å². The molecule has 2 fully saturated rings. The fourth-order valence-corrected chi connectivity index (χ4v) is 4.81. The maximum atomic E-state index is 13.0. The highest BCUT2D eigenvalue weighted by atomic mass is 32.1. The van der Waals surface area contributed by atoms with Gasteiger partial charge in [-0.05, 0) is 19.1 Å². The van der Waals surface area contributed by atoms with Gasteiger partial charge >= 0.3 is 0 Å². The molecule has 0 aliphatic carbocycles.